The molecule has 42 heavy (non-hydrogen) atoms. The number of carbonyl (C=O) groups excluding carboxylic acids is 2. The number of rotatable bonds is 7. The maximum Gasteiger partial charge on any atom is 0.410 e. The second kappa shape index (κ2) is 11.3. The van der Waals surface area contributed by atoms with Gasteiger partial charge in [0, 0.05) is 25.3 Å². The third kappa shape index (κ3) is 6.01. The van der Waals surface area contributed by atoms with Crippen molar-refractivity contribution in [3.63, 3.8) is 0 Å². The molecule has 2 aromatic heterocycles. The van der Waals surface area contributed by atoms with Gasteiger partial charge in [-0.25, -0.2) is 32.3 Å². The van der Waals surface area contributed by atoms with Gasteiger partial charge < -0.3 is 15.0 Å². The Morgan fingerprint density at radius 2 is 1.88 bits per heavy atom. The third-order valence-electron chi connectivity index (χ3n) is 8.58. The molecule has 2 saturated carbocycles. The third-order valence-corrected chi connectivity index (χ3v) is 8.58. The first kappa shape index (κ1) is 28.6. The number of pyridine rings is 1. The van der Waals surface area contributed by atoms with E-state index in [1.807, 2.05) is 0 Å². The van der Waals surface area contributed by atoms with Crippen molar-refractivity contribution in [2.75, 3.05) is 6.54 Å². The molecule has 0 radical (unpaired) electrons. The van der Waals surface area contributed by atoms with Crippen LogP contribution in [0.4, 0.5) is 22.4 Å². The van der Waals surface area contributed by atoms with Gasteiger partial charge in [-0.2, -0.15) is 0 Å². The highest BCUT2D eigenvalue weighted by Gasteiger charge is 2.42. The van der Waals surface area contributed by atoms with Gasteiger partial charge in [0.1, 0.15) is 11.9 Å². The number of oxime groups is 1. The van der Waals surface area contributed by atoms with Crippen molar-refractivity contribution in [2.45, 2.75) is 94.9 Å². The topological polar surface area (TPSA) is 134 Å². The maximum absolute atomic E-state index is 14.0. The van der Waals surface area contributed by atoms with Crippen molar-refractivity contribution in [1.29, 1.82) is 0 Å². The van der Waals surface area contributed by atoms with Crippen LogP contribution < -0.4 is 10.8 Å². The molecule has 0 aromatic carbocycles. The number of imidazole rings is 1. The van der Waals surface area contributed by atoms with Gasteiger partial charge in [0.25, 0.3) is 5.91 Å². The Balaban J connectivity index is 1.29. The van der Waals surface area contributed by atoms with Crippen LogP contribution in [-0.4, -0.2) is 68.6 Å². The Hall–Kier alpha value is -3.49. The number of carbonyl (C=O) groups is 2. The molecule has 3 fully saturated rings. The standard InChI is InChI=1S/C27H33F4N7O4/c1-13-20(37-42-36-13)25(39)34-21(14-6-9-27(30,31)10-7-14)24-33-18-5-4-17(32-23(18)35-24)19-12-15(22(28)29)8-11-38(19)26(40)41-16-2-3-16/h4-5,13-16,19,21-22,36H,2-3,6-12H2,1H3,(H,34,39)(H,32,33,35). The highest BCUT2D eigenvalue weighted by atomic mass is 19.3. The Morgan fingerprint density at radius 3 is 2.55 bits per heavy atom. The number of hydrogen-bond donors (Lipinski definition) is 3. The Morgan fingerprint density at radius 1 is 1.12 bits per heavy atom. The van der Waals surface area contributed by atoms with Crippen molar-refractivity contribution < 1.29 is 36.8 Å². The monoisotopic (exact) mass is 595 g/mol. The van der Waals surface area contributed by atoms with E-state index in [4.69, 9.17) is 9.68 Å². The fourth-order valence-electron chi connectivity index (χ4n) is 5.92. The highest BCUT2D eigenvalue weighted by molar-refractivity contribution is 6.40. The summed E-state index contributed by atoms with van der Waals surface area (Å²) in [5.74, 6) is -4.18. The molecule has 11 nitrogen and oxygen atoms in total. The number of nitrogens with one attached hydrogen (secondary N) is 3. The molecule has 4 atom stereocenters. The molecule has 4 aliphatic rings. The zero-order chi connectivity index (χ0) is 29.6. The molecule has 15 heteroatoms. The lowest BCUT2D eigenvalue weighted by atomic mass is 9.81. The molecule has 6 rings (SSSR count). The van der Waals surface area contributed by atoms with Gasteiger partial charge >= 0.3 is 6.09 Å². The molecular weight excluding hydrogens is 562 g/mol. The number of hydrogen-bond acceptors (Lipinski definition) is 8. The fraction of sp³-hybridized carbons (Fsp3) is 0.667. The quantitative estimate of drug-likeness (QED) is 0.401. The second-order valence-electron chi connectivity index (χ2n) is 11.7. The summed E-state index contributed by atoms with van der Waals surface area (Å²) in [4.78, 5) is 44.6. The first-order chi connectivity index (χ1) is 20.1. The Labute approximate surface area is 238 Å². The van der Waals surface area contributed by atoms with Crippen LogP contribution in [0.2, 0.25) is 0 Å². The number of piperidine rings is 1. The largest absolute Gasteiger partial charge is 0.446 e. The van der Waals surface area contributed by atoms with E-state index in [0.29, 0.717) is 17.0 Å². The summed E-state index contributed by atoms with van der Waals surface area (Å²) in [5.41, 5.74) is 3.85. The summed E-state index contributed by atoms with van der Waals surface area (Å²) in [7, 11) is 0. The lowest BCUT2D eigenvalue weighted by Crippen LogP contribution is -2.44. The Bertz CT molecular complexity index is 1360. The van der Waals surface area contributed by atoms with Crippen molar-refractivity contribution in [2.24, 2.45) is 17.0 Å². The smallest absolute Gasteiger partial charge is 0.410 e. The molecule has 228 valence electrons. The van der Waals surface area contributed by atoms with Crippen LogP contribution in [0.5, 0.6) is 0 Å². The number of nitrogens with zero attached hydrogens (tertiary/aromatic N) is 4. The van der Waals surface area contributed by atoms with Crippen molar-refractivity contribution in [1.82, 2.24) is 30.6 Å². The van der Waals surface area contributed by atoms with Crippen LogP contribution in [0, 0.1) is 11.8 Å². The lowest BCUT2D eigenvalue weighted by molar-refractivity contribution is -0.116. The minimum absolute atomic E-state index is 0.0264. The minimum Gasteiger partial charge on any atom is -0.446 e. The first-order valence-electron chi connectivity index (χ1n) is 14.4. The van der Waals surface area contributed by atoms with E-state index in [0.717, 1.165) is 12.8 Å². The van der Waals surface area contributed by atoms with Crippen molar-refractivity contribution in [3.05, 3.63) is 23.7 Å². The van der Waals surface area contributed by atoms with Gasteiger partial charge in [-0.05, 0) is 63.5 Å². The molecule has 0 spiro atoms. The molecule has 0 bridgehead atoms. The second-order valence-corrected chi connectivity index (χ2v) is 11.7. The van der Waals surface area contributed by atoms with Crippen LogP contribution in [0.15, 0.2) is 17.3 Å². The maximum atomic E-state index is 14.0. The molecule has 4 unspecified atom stereocenters. The number of likely N-dealkylation sites (tertiary alicyclic amines) is 1. The predicted molar refractivity (Wildman–Crippen MR) is 140 cm³/mol. The van der Waals surface area contributed by atoms with E-state index >= 15 is 0 Å². The molecule has 3 N–H and O–H groups in total. The van der Waals surface area contributed by atoms with Gasteiger partial charge in [0.2, 0.25) is 12.3 Å². The number of fused-ring (bicyclic) bond motifs is 1. The zero-order valence-corrected chi connectivity index (χ0v) is 23.0. The summed E-state index contributed by atoms with van der Waals surface area (Å²) in [5, 5.41) is 6.63. The molecule has 1 saturated heterocycles. The summed E-state index contributed by atoms with van der Waals surface area (Å²) < 4.78 is 60.8. The van der Waals surface area contributed by atoms with Gasteiger partial charge in [0.15, 0.2) is 11.4 Å². The molecule has 2 aromatic rings. The van der Waals surface area contributed by atoms with E-state index < -0.39 is 48.4 Å². The average molecular weight is 596 g/mol. The van der Waals surface area contributed by atoms with Crippen molar-refractivity contribution in [3.8, 4) is 0 Å². The van der Waals surface area contributed by atoms with Crippen molar-refractivity contribution >= 4 is 28.9 Å². The molecule has 2 aliphatic carbocycles. The average Bonchev–Trinajstić information content (AvgIpc) is 3.50. The fourth-order valence-corrected chi connectivity index (χ4v) is 5.92. The van der Waals surface area contributed by atoms with E-state index in [-0.39, 0.29) is 68.5 Å². The molecule has 4 heterocycles. The number of H-pyrrole nitrogens is 1. The van der Waals surface area contributed by atoms with E-state index in [9.17, 15) is 27.2 Å². The van der Waals surface area contributed by atoms with E-state index in [2.05, 4.69) is 30.9 Å². The van der Waals surface area contributed by atoms with Crippen LogP contribution in [0.25, 0.3) is 11.2 Å². The number of alkyl halides is 4. The zero-order valence-electron chi connectivity index (χ0n) is 23.0. The van der Waals surface area contributed by atoms with Crippen LogP contribution >= 0.6 is 0 Å². The SMILES string of the molecule is CC1NON=C1C(=O)NC(c1nc2nc(C3CC(C(F)F)CCN3C(=O)OC3CC3)ccc2[nH]1)C1CCC(F)(F)CC1. The summed E-state index contributed by atoms with van der Waals surface area (Å²) >= 11 is 0. The number of amides is 2. The van der Waals surface area contributed by atoms with Crippen LogP contribution in [0.3, 0.4) is 0 Å². The normalized spacial score (nSPS) is 27.0. The van der Waals surface area contributed by atoms with Crippen LogP contribution in [-0.2, 0) is 14.5 Å². The van der Waals surface area contributed by atoms with Gasteiger partial charge in [-0.1, -0.05) is 5.16 Å². The minimum atomic E-state index is -2.76. The Kier molecular flexibility index (Phi) is 7.70. The lowest BCUT2D eigenvalue weighted by Gasteiger charge is -2.38. The molecule has 2 aliphatic heterocycles. The van der Waals surface area contributed by atoms with Gasteiger partial charge in [0.05, 0.1) is 29.3 Å². The number of aromatic nitrogens is 3. The summed E-state index contributed by atoms with van der Waals surface area (Å²) in [6, 6.07) is 1.42. The van der Waals surface area contributed by atoms with Gasteiger partial charge in [-0.3, -0.25) is 14.6 Å². The number of ether oxygens (including phenoxy) is 1. The number of aromatic amines is 1. The summed E-state index contributed by atoms with van der Waals surface area (Å²) in [6.07, 6.45) is -1.74. The number of hydroxylamine groups is 1. The van der Waals surface area contributed by atoms with E-state index in [1.165, 1.54) is 4.90 Å². The van der Waals surface area contributed by atoms with Crippen LogP contribution in [0.1, 0.15) is 81.9 Å². The summed E-state index contributed by atoms with van der Waals surface area (Å²) in [6.45, 7) is 1.82. The highest BCUT2D eigenvalue weighted by Crippen LogP contribution is 2.42. The van der Waals surface area contributed by atoms with Gasteiger partial charge in [-0.15, -0.1) is 5.48 Å². The molecule has 2 amide bonds. The van der Waals surface area contributed by atoms with E-state index in [1.54, 1.807) is 19.1 Å². The predicted octanol–water partition coefficient (Wildman–Crippen LogP) is 4.54. The first-order valence-corrected chi connectivity index (χ1v) is 14.4. The number of halogens is 4. The molecular formula is C27H33F4N7O4.